The van der Waals surface area contributed by atoms with Gasteiger partial charge in [-0.1, -0.05) is 12.5 Å². The van der Waals surface area contributed by atoms with E-state index in [-0.39, 0.29) is 64.1 Å². The van der Waals surface area contributed by atoms with E-state index < -0.39 is 120 Å². The number of nitrogens with two attached hydrogens (primary N) is 6. The van der Waals surface area contributed by atoms with Crippen LogP contribution in [0.15, 0.2) is 29.3 Å². The van der Waals surface area contributed by atoms with Gasteiger partial charge in [-0.25, -0.2) is 9.78 Å². The zero-order valence-electron chi connectivity index (χ0n) is 41.7. The third kappa shape index (κ3) is 22.7. The van der Waals surface area contributed by atoms with Crippen LogP contribution in [0.2, 0.25) is 0 Å². The Morgan fingerprint density at radius 3 is 2.15 bits per heavy atom. The minimum Gasteiger partial charge on any atom is -0.477 e. The highest BCUT2D eigenvalue weighted by Gasteiger charge is 2.40. The molecule has 73 heavy (non-hydrogen) atoms. The SMILES string of the molecule is CNCCC[C@@H](NC(=O)CNC(=O)[C@H](C)NC(=O)[C@@H](NC(=O)[C@@H](N)CCCCN)[C@@H](O)CN)C(=O)N1CCC[C@H]1C(=O)N[C@@H](Cc1cnc[nH]1)C(=O)N[C@@H](CCCCN)C(=O)N/C(=C\CCN=C(N)N)C(=O)O. The first kappa shape index (κ1) is 62.3. The van der Waals surface area contributed by atoms with Crippen molar-refractivity contribution in [3.63, 3.8) is 0 Å². The summed E-state index contributed by atoms with van der Waals surface area (Å²) < 4.78 is 0. The number of carboxylic acid groups (broad SMARTS) is 1. The van der Waals surface area contributed by atoms with E-state index in [1.807, 2.05) is 0 Å². The number of rotatable bonds is 35. The average molecular weight is 1040 g/mol. The molecule has 2 heterocycles. The minimum atomic E-state index is -1.56. The minimum absolute atomic E-state index is 0.0451. The number of hydrogen-bond acceptors (Lipinski definition) is 17. The smallest absolute Gasteiger partial charge is 0.352 e. The number of aliphatic hydroxyl groups is 1. The number of aliphatic carboxylic acids is 1. The van der Waals surface area contributed by atoms with Gasteiger partial charge in [0, 0.05) is 37.9 Å². The van der Waals surface area contributed by atoms with Gasteiger partial charge in [0.2, 0.25) is 47.3 Å². The van der Waals surface area contributed by atoms with E-state index in [1.165, 1.54) is 30.4 Å². The van der Waals surface area contributed by atoms with Crippen molar-refractivity contribution in [2.75, 3.05) is 52.9 Å². The van der Waals surface area contributed by atoms with Crippen molar-refractivity contribution in [2.24, 2.45) is 39.4 Å². The second-order valence-corrected chi connectivity index (χ2v) is 17.4. The van der Waals surface area contributed by atoms with Gasteiger partial charge < -0.3 is 97.0 Å². The summed E-state index contributed by atoms with van der Waals surface area (Å²) in [7, 11) is 1.70. The maximum atomic E-state index is 14.3. The lowest BCUT2D eigenvalue weighted by Gasteiger charge is -2.30. The number of aromatic nitrogens is 2. The van der Waals surface area contributed by atoms with E-state index >= 15 is 0 Å². The Hall–Kier alpha value is -6.79. The number of carbonyl (C=O) groups is 9. The molecule has 0 unspecified atom stereocenters. The Morgan fingerprint density at radius 1 is 0.849 bits per heavy atom. The van der Waals surface area contributed by atoms with Crippen molar-refractivity contribution in [1.82, 2.24) is 57.4 Å². The summed E-state index contributed by atoms with van der Waals surface area (Å²) in [5.74, 6) is -7.88. The Balaban J connectivity index is 2.22. The molecule has 1 aliphatic heterocycles. The fraction of sp³-hybridized carbons (Fsp3) is 0.659. The standard InChI is InChI=1S/C44H78N18O11/c1-25(56-41(70)35(33(63)21-47)61-37(66)27(48)10-3-5-15-45)36(65)54-23-34(64)57-29(12-7-17-51-2)42(71)62-19-9-14-32(62)40(69)60-31(20-26-22-52-24-55-26)39(68)58-28(11-4-6-16-46)38(67)59-30(43(72)73)13-8-18-53-44(49)50/h13,22,24-25,27-29,31-33,35,51,63H,3-12,14-21,23,45-48H2,1-2H3,(H,52,55)(H,54,65)(H,56,70)(H,57,64)(H,58,68)(H,59,67)(H,60,69)(H,61,66)(H,72,73)(H4,49,50,53)/b30-13-/t25-,27-,28-,29+,31-,32-,33-,35-/m0/s1. The predicted octanol–water partition coefficient (Wildman–Crippen LogP) is -6.84. The van der Waals surface area contributed by atoms with Gasteiger partial charge >= 0.3 is 5.97 Å². The lowest BCUT2D eigenvalue weighted by atomic mass is 10.1. The number of aliphatic hydroxyl groups excluding tert-OH is 1. The summed E-state index contributed by atoms with van der Waals surface area (Å²) in [4.78, 5) is 132. The molecule has 0 saturated carbocycles. The molecule has 1 saturated heterocycles. The number of amides is 8. The normalized spacial score (nSPS) is 16.3. The summed E-state index contributed by atoms with van der Waals surface area (Å²) >= 11 is 0. The molecule has 410 valence electrons. The average Bonchev–Trinajstić information content (AvgIpc) is 4.07. The third-order valence-electron chi connectivity index (χ3n) is 11.5. The number of unbranched alkanes of at least 4 members (excludes halogenated alkanes) is 2. The lowest BCUT2D eigenvalue weighted by Crippen LogP contribution is -2.60. The highest BCUT2D eigenvalue weighted by Crippen LogP contribution is 2.20. The number of carboxylic acids is 1. The maximum Gasteiger partial charge on any atom is 0.352 e. The number of likely N-dealkylation sites (tertiary alicyclic amines) is 1. The van der Waals surface area contributed by atoms with Crippen LogP contribution in [0.5, 0.6) is 0 Å². The van der Waals surface area contributed by atoms with Gasteiger partial charge in [-0.05, 0) is 97.8 Å². The molecule has 29 heteroatoms. The quantitative estimate of drug-likeness (QED) is 0.0130. The molecule has 0 bridgehead atoms. The largest absolute Gasteiger partial charge is 0.477 e. The topological polar surface area (TPSA) is 491 Å². The van der Waals surface area contributed by atoms with Crippen LogP contribution in [0, 0.1) is 0 Å². The first-order chi connectivity index (χ1) is 34.8. The number of carbonyl (C=O) groups excluding carboxylic acids is 8. The molecular formula is C44H78N18O11. The molecule has 1 fully saturated rings. The summed E-state index contributed by atoms with van der Waals surface area (Å²) in [5.41, 5.74) is 33.3. The highest BCUT2D eigenvalue weighted by atomic mass is 16.4. The molecule has 29 nitrogen and oxygen atoms in total. The lowest BCUT2D eigenvalue weighted by molar-refractivity contribution is -0.142. The molecule has 8 atom stereocenters. The summed E-state index contributed by atoms with van der Waals surface area (Å²) in [5, 5.41) is 40.6. The molecule has 0 aliphatic carbocycles. The van der Waals surface area contributed by atoms with Crippen LogP contribution < -0.4 is 76.9 Å². The second-order valence-electron chi connectivity index (χ2n) is 17.4. The molecule has 1 aromatic heterocycles. The van der Waals surface area contributed by atoms with Crippen molar-refractivity contribution in [3.05, 3.63) is 30.0 Å². The Bertz CT molecular complexity index is 2020. The summed E-state index contributed by atoms with van der Waals surface area (Å²) in [6.07, 6.45) is 5.89. The van der Waals surface area contributed by atoms with Gasteiger partial charge in [0.15, 0.2) is 5.96 Å². The molecule has 23 N–H and O–H groups in total. The van der Waals surface area contributed by atoms with Crippen molar-refractivity contribution in [2.45, 2.75) is 132 Å². The first-order valence-corrected chi connectivity index (χ1v) is 24.3. The maximum absolute atomic E-state index is 14.3. The molecule has 8 amide bonds. The number of hydrogen-bond donors (Lipinski definition) is 17. The van der Waals surface area contributed by atoms with Gasteiger partial charge in [-0.3, -0.25) is 43.3 Å². The molecule has 1 aliphatic rings. The predicted molar refractivity (Wildman–Crippen MR) is 267 cm³/mol. The number of nitrogens with zero attached hydrogens (tertiary/aromatic N) is 3. The van der Waals surface area contributed by atoms with Gasteiger partial charge in [0.1, 0.15) is 41.9 Å². The molecule has 0 spiro atoms. The first-order valence-electron chi connectivity index (χ1n) is 24.3. The number of aliphatic imine (C=N–C) groups is 1. The fourth-order valence-electron chi connectivity index (χ4n) is 7.49. The monoisotopic (exact) mass is 1030 g/mol. The van der Waals surface area contributed by atoms with Crippen molar-refractivity contribution in [3.8, 4) is 0 Å². The van der Waals surface area contributed by atoms with Crippen LogP contribution in [0.25, 0.3) is 0 Å². The van der Waals surface area contributed by atoms with E-state index in [0.29, 0.717) is 57.3 Å². The fourth-order valence-corrected chi connectivity index (χ4v) is 7.49. The Labute approximate surface area is 423 Å². The molecule has 0 radical (unpaired) electrons. The molecule has 2 rings (SSSR count). The van der Waals surface area contributed by atoms with Crippen molar-refractivity contribution in [1.29, 1.82) is 0 Å². The third-order valence-corrected chi connectivity index (χ3v) is 11.5. The van der Waals surface area contributed by atoms with E-state index in [2.05, 4.69) is 57.5 Å². The number of imidazole rings is 1. The van der Waals surface area contributed by atoms with E-state index in [0.717, 1.165) is 0 Å². The van der Waals surface area contributed by atoms with E-state index in [9.17, 15) is 53.4 Å². The van der Waals surface area contributed by atoms with Gasteiger partial charge in [-0.15, -0.1) is 0 Å². The molecule has 0 aromatic carbocycles. The van der Waals surface area contributed by atoms with Crippen LogP contribution >= 0.6 is 0 Å². The van der Waals surface area contributed by atoms with E-state index in [4.69, 9.17) is 34.4 Å². The summed E-state index contributed by atoms with van der Waals surface area (Å²) in [6.45, 7) is 1.56. The van der Waals surface area contributed by atoms with Gasteiger partial charge in [0.05, 0.1) is 25.0 Å². The van der Waals surface area contributed by atoms with Crippen LogP contribution in [0.4, 0.5) is 0 Å². The Kier molecular flexibility index (Phi) is 28.8. The number of guanidine groups is 1. The van der Waals surface area contributed by atoms with Crippen LogP contribution in [0.3, 0.4) is 0 Å². The zero-order chi connectivity index (χ0) is 54.5. The van der Waals surface area contributed by atoms with E-state index in [1.54, 1.807) is 7.05 Å². The van der Waals surface area contributed by atoms with Crippen LogP contribution in [-0.2, 0) is 49.6 Å². The van der Waals surface area contributed by atoms with Gasteiger partial charge in [0.25, 0.3) is 0 Å². The summed E-state index contributed by atoms with van der Waals surface area (Å²) in [6, 6.07) is -8.71. The number of H-pyrrole nitrogens is 1. The van der Waals surface area contributed by atoms with Crippen LogP contribution in [-0.4, -0.2) is 186 Å². The van der Waals surface area contributed by atoms with Crippen molar-refractivity contribution >= 4 is 59.2 Å². The second kappa shape index (κ2) is 33.8. The van der Waals surface area contributed by atoms with Crippen LogP contribution in [0.1, 0.15) is 83.2 Å². The Morgan fingerprint density at radius 2 is 1.53 bits per heavy atom. The number of nitrogens with one attached hydrogen (secondary N) is 9. The molecule has 1 aromatic rings. The van der Waals surface area contributed by atoms with Gasteiger partial charge in [-0.2, -0.15) is 0 Å². The van der Waals surface area contributed by atoms with Crippen molar-refractivity contribution < 1.29 is 53.4 Å². The number of aromatic amines is 1. The zero-order valence-corrected chi connectivity index (χ0v) is 41.7. The molecular weight excluding hydrogens is 957 g/mol. The highest BCUT2D eigenvalue weighted by molar-refractivity contribution is 5.99.